The number of sulfone groups is 1. The molecule has 1 atom stereocenters. The molecule has 0 heterocycles. The van der Waals surface area contributed by atoms with Crippen molar-refractivity contribution in [3.8, 4) is 0 Å². The summed E-state index contributed by atoms with van der Waals surface area (Å²) in [5, 5.41) is 4.82. The topological polar surface area (TPSA) is 92.3 Å². The summed E-state index contributed by atoms with van der Waals surface area (Å²) >= 11 is 5.70. The Balaban J connectivity index is 2.22. The number of nitrogens with one attached hydrogen (secondary N) is 2. The molecule has 6 nitrogen and oxygen atoms in total. The highest BCUT2D eigenvalue weighted by Crippen LogP contribution is 2.18. The molecular weight excluding hydrogens is 402 g/mol. The number of carbonyl (C=O) groups excluding carboxylic acids is 2. The number of benzene rings is 2. The van der Waals surface area contributed by atoms with E-state index >= 15 is 0 Å². The molecule has 0 radical (unpaired) electrons. The maximum Gasteiger partial charge on any atom is 0.246 e. The third-order valence-corrected chi connectivity index (χ3v) is 5.47. The van der Waals surface area contributed by atoms with Gasteiger partial charge in [-0.3, -0.25) is 9.59 Å². The Hall–Kier alpha value is -2.52. The lowest BCUT2D eigenvalue weighted by Crippen LogP contribution is -2.41. The van der Waals surface area contributed by atoms with Gasteiger partial charge in [0.05, 0.1) is 4.90 Å². The van der Waals surface area contributed by atoms with Crippen molar-refractivity contribution in [3.63, 3.8) is 0 Å². The van der Waals surface area contributed by atoms with Crippen LogP contribution in [0.1, 0.15) is 11.6 Å². The van der Waals surface area contributed by atoms with Crippen LogP contribution in [0.4, 0.5) is 8.78 Å². The molecule has 2 aromatic rings. The van der Waals surface area contributed by atoms with E-state index < -0.39 is 45.1 Å². The molecule has 0 aliphatic rings. The van der Waals surface area contributed by atoms with E-state index in [1.807, 2.05) is 0 Å². The number of likely N-dealkylation sites (N-methyl/N-ethyl adjacent to an activating group) is 1. The second-order valence-corrected chi connectivity index (χ2v) is 7.93. The van der Waals surface area contributed by atoms with Gasteiger partial charge in [0, 0.05) is 12.1 Å². The second-order valence-electron chi connectivity index (χ2n) is 5.50. The highest BCUT2D eigenvalue weighted by atomic mass is 35.5. The first-order valence-electron chi connectivity index (χ1n) is 7.58. The van der Waals surface area contributed by atoms with Crippen LogP contribution in [0.3, 0.4) is 0 Å². The van der Waals surface area contributed by atoms with Crippen molar-refractivity contribution in [3.05, 3.63) is 64.7 Å². The average Bonchev–Trinajstić information content (AvgIpc) is 2.61. The van der Waals surface area contributed by atoms with Crippen LogP contribution in [0.25, 0.3) is 0 Å². The molecule has 0 fully saturated rings. The monoisotopic (exact) mass is 416 g/mol. The standard InChI is InChI=1S/C17H15ClF2N2O4S/c1-21-17(24)16(10-2-7-13(19)14(20)8-10)22-15(23)9-27(25,26)12-5-3-11(18)4-6-12/h2-8,16H,9H2,1H3,(H,21,24)(H,22,23). The van der Waals surface area contributed by atoms with Crippen LogP contribution < -0.4 is 10.6 Å². The van der Waals surface area contributed by atoms with Crippen LogP contribution in [0, 0.1) is 11.6 Å². The Morgan fingerprint density at radius 1 is 1.07 bits per heavy atom. The zero-order chi connectivity index (χ0) is 20.2. The van der Waals surface area contributed by atoms with Crippen LogP contribution in [0.5, 0.6) is 0 Å². The number of halogens is 3. The van der Waals surface area contributed by atoms with Gasteiger partial charge in [-0.05, 0) is 42.0 Å². The minimum absolute atomic E-state index is 0.0366. The minimum atomic E-state index is -3.99. The largest absolute Gasteiger partial charge is 0.357 e. The first-order valence-corrected chi connectivity index (χ1v) is 9.61. The summed E-state index contributed by atoms with van der Waals surface area (Å²) in [5.74, 6) is -4.97. The van der Waals surface area contributed by atoms with E-state index in [2.05, 4.69) is 10.6 Å². The zero-order valence-corrected chi connectivity index (χ0v) is 15.6. The lowest BCUT2D eigenvalue weighted by Gasteiger charge is -2.18. The van der Waals surface area contributed by atoms with E-state index in [1.165, 1.54) is 31.3 Å². The lowest BCUT2D eigenvalue weighted by atomic mass is 10.1. The summed E-state index contributed by atoms with van der Waals surface area (Å²) in [6.45, 7) is 0. The average molecular weight is 417 g/mol. The Labute approximate surface area is 159 Å². The quantitative estimate of drug-likeness (QED) is 0.753. The van der Waals surface area contributed by atoms with Gasteiger partial charge in [-0.2, -0.15) is 0 Å². The predicted molar refractivity (Wildman–Crippen MR) is 94.8 cm³/mol. The molecule has 0 saturated carbocycles. The lowest BCUT2D eigenvalue weighted by molar-refractivity contribution is -0.127. The van der Waals surface area contributed by atoms with Gasteiger partial charge in [0.1, 0.15) is 11.8 Å². The Morgan fingerprint density at radius 3 is 2.26 bits per heavy atom. The highest BCUT2D eigenvalue weighted by molar-refractivity contribution is 7.92. The molecule has 0 spiro atoms. The maximum absolute atomic E-state index is 13.4. The zero-order valence-electron chi connectivity index (χ0n) is 14.0. The maximum atomic E-state index is 13.4. The van der Waals surface area contributed by atoms with Crippen molar-refractivity contribution in [2.45, 2.75) is 10.9 Å². The van der Waals surface area contributed by atoms with Crippen molar-refractivity contribution >= 4 is 33.3 Å². The Morgan fingerprint density at radius 2 is 1.70 bits per heavy atom. The van der Waals surface area contributed by atoms with Crippen molar-refractivity contribution in [1.82, 2.24) is 10.6 Å². The van der Waals surface area contributed by atoms with Gasteiger partial charge in [-0.15, -0.1) is 0 Å². The summed E-state index contributed by atoms with van der Waals surface area (Å²) in [6, 6.07) is 6.50. The smallest absolute Gasteiger partial charge is 0.246 e. The van der Waals surface area contributed by atoms with Crippen LogP contribution in [0.15, 0.2) is 47.4 Å². The molecule has 2 rings (SSSR count). The summed E-state index contributed by atoms with van der Waals surface area (Å²) in [7, 11) is -2.70. The first-order chi connectivity index (χ1) is 12.6. The SMILES string of the molecule is CNC(=O)C(NC(=O)CS(=O)(=O)c1ccc(Cl)cc1)c1ccc(F)c(F)c1. The predicted octanol–water partition coefficient (Wildman–Crippen LogP) is 2.00. The fourth-order valence-corrected chi connectivity index (χ4v) is 3.51. The van der Waals surface area contributed by atoms with Crippen molar-refractivity contribution < 1.29 is 26.8 Å². The number of hydrogen-bond donors (Lipinski definition) is 2. The van der Waals surface area contributed by atoms with E-state index in [-0.39, 0.29) is 10.5 Å². The number of amides is 2. The van der Waals surface area contributed by atoms with E-state index in [1.54, 1.807) is 0 Å². The molecule has 0 aliphatic heterocycles. The first kappa shape index (κ1) is 20.8. The Bertz CT molecular complexity index is 965. The molecule has 0 aliphatic carbocycles. The van der Waals surface area contributed by atoms with Crippen LogP contribution in [-0.2, 0) is 19.4 Å². The van der Waals surface area contributed by atoms with Crippen LogP contribution in [-0.4, -0.2) is 33.0 Å². The molecule has 10 heteroatoms. The molecule has 1 unspecified atom stereocenters. The van der Waals surface area contributed by atoms with E-state index in [4.69, 9.17) is 11.6 Å². The molecule has 0 saturated heterocycles. The third kappa shape index (κ3) is 5.24. The second kappa shape index (κ2) is 8.45. The van der Waals surface area contributed by atoms with E-state index in [0.717, 1.165) is 18.2 Å². The summed E-state index contributed by atoms with van der Waals surface area (Å²) < 4.78 is 51.1. The van der Waals surface area contributed by atoms with E-state index in [9.17, 15) is 26.8 Å². The molecule has 0 bridgehead atoms. The number of rotatable bonds is 6. The number of hydrogen-bond acceptors (Lipinski definition) is 4. The van der Waals surface area contributed by atoms with Gasteiger partial charge in [0.25, 0.3) is 0 Å². The van der Waals surface area contributed by atoms with Gasteiger partial charge < -0.3 is 10.6 Å². The van der Waals surface area contributed by atoms with Crippen molar-refractivity contribution in [2.24, 2.45) is 0 Å². The van der Waals surface area contributed by atoms with Gasteiger partial charge in [-0.1, -0.05) is 17.7 Å². The molecule has 144 valence electrons. The summed E-state index contributed by atoms with van der Waals surface area (Å²) in [5.41, 5.74) is -0.0366. The van der Waals surface area contributed by atoms with Crippen LogP contribution in [0.2, 0.25) is 5.02 Å². The summed E-state index contributed by atoms with van der Waals surface area (Å²) in [6.07, 6.45) is 0. The minimum Gasteiger partial charge on any atom is -0.357 e. The molecule has 2 amide bonds. The van der Waals surface area contributed by atoms with Gasteiger partial charge in [0.15, 0.2) is 21.5 Å². The highest BCUT2D eigenvalue weighted by Gasteiger charge is 2.26. The molecular formula is C17H15ClF2N2O4S. The van der Waals surface area contributed by atoms with Gasteiger partial charge >= 0.3 is 0 Å². The fourth-order valence-electron chi connectivity index (χ4n) is 2.24. The van der Waals surface area contributed by atoms with Crippen LogP contribution >= 0.6 is 11.6 Å². The summed E-state index contributed by atoms with van der Waals surface area (Å²) in [4.78, 5) is 24.1. The van der Waals surface area contributed by atoms with Gasteiger partial charge in [-0.25, -0.2) is 17.2 Å². The molecule has 27 heavy (non-hydrogen) atoms. The van der Waals surface area contributed by atoms with Crippen molar-refractivity contribution in [1.29, 1.82) is 0 Å². The Kier molecular flexibility index (Phi) is 6.50. The fraction of sp³-hybridized carbons (Fsp3) is 0.176. The third-order valence-electron chi connectivity index (χ3n) is 3.58. The van der Waals surface area contributed by atoms with Gasteiger partial charge in [0.2, 0.25) is 11.8 Å². The normalized spacial score (nSPS) is 12.3. The molecule has 2 aromatic carbocycles. The number of carbonyl (C=O) groups is 2. The van der Waals surface area contributed by atoms with E-state index in [0.29, 0.717) is 5.02 Å². The molecule has 2 N–H and O–H groups in total. The van der Waals surface area contributed by atoms with Crippen molar-refractivity contribution in [2.75, 3.05) is 12.8 Å². The molecule has 0 aromatic heterocycles.